The van der Waals surface area contributed by atoms with Gasteiger partial charge in [-0.1, -0.05) is 42.5 Å². The number of hydrogen-bond acceptors (Lipinski definition) is 5. The van der Waals surface area contributed by atoms with Crippen molar-refractivity contribution >= 4 is 43.2 Å². The van der Waals surface area contributed by atoms with Crippen LogP contribution in [0.15, 0.2) is 102 Å². The van der Waals surface area contributed by atoms with Crippen LogP contribution in [0.1, 0.15) is 41.8 Å². The molecule has 0 spiro atoms. The molecule has 5 nitrogen and oxygen atoms in total. The molecule has 7 heteroatoms. The Hall–Kier alpha value is -3.94. The van der Waals surface area contributed by atoms with E-state index in [1.54, 1.807) is 26.3 Å². The second kappa shape index (κ2) is 11.1. The smallest absolute Gasteiger partial charge is 0.156 e. The van der Waals surface area contributed by atoms with Gasteiger partial charge >= 0.3 is 0 Å². The van der Waals surface area contributed by atoms with Crippen LogP contribution in [0.25, 0.3) is 33.7 Å². The summed E-state index contributed by atoms with van der Waals surface area (Å²) in [5, 5.41) is 0.885. The van der Waals surface area contributed by atoms with E-state index in [2.05, 4.69) is 17.1 Å². The van der Waals surface area contributed by atoms with Crippen molar-refractivity contribution in [2.45, 2.75) is 30.4 Å². The van der Waals surface area contributed by atoms with Gasteiger partial charge in [-0.25, -0.2) is 8.42 Å². The number of aryl methyl sites for hydroxylation is 1. The first kappa shape index (κ1) is 28.6. The summed E-state index contributed by atoms with van der Waals surface area (Å²) in [7, 11) is -4.44. The number of nitrogens with zero attached hydrogens (tertiary/aromatic N) is 2. The van der Waals surface area contributed by atoms with Crippen LogP contribution in [0.3, 0.4) is 0 Å². The van der Waals surface area contributed by atoms with Gasteiger partial charge in [-0.2, -0.15) is 0 Å². The van der Waals surface area contributed by atoms with Crippen LogP contribution in [0.4, 0.5) is 0 Å². The fourth-order valence-electron chi connectivity index (χ4n) is 4.70. The van der Waals surface area contributed by atoms with Gasteiger partial charge in [-0.3, -0.25) is 14.2 Å². The van der Waals surface area contributed by atoms with E-state index in [1.165, 1.54) is 6.26 Å². The van der Waals surface area contributed by atoms with E-state index in [0.29, 0.717) is 0 Å². The summed E-state index contributed by atoms with van der Waals surface area (Å²) in [6.45, 7) is 5.48. The minimum Gasteiger partial charge on any atom is -0.256 e. The number of sulfone groups is 1. The number of pyridine rings is 2. The van der Waals surface area contributed by atoms with Gasteiger partial charge in [0.25, 0.3) is 0 Å². The third kappa shape index (κ3) is 5.92. The van der Waals surface area contributed by atoms with Crippen molar-refractivity contribution in [3.63, 3.8) is 0 Å². The fraction of sp³-hybridized carbons (Fsp3) is 0.176. The van der Waals surface area contributed by atoms with Crippen LogP contribution in [-0.2, 0) is 25.4 Å². The standard InChI is InChI=1S/C34H32N2O3S2/c1-23-11-16-32(36-22-23)30(25-12-14-29(15-13-25)40(4)37)19-24-8-6-9-26(18-24)31-21-28(34(2,3)41(5,38)39)20-27-10-7-17-35-33(27)31/h6-22H,1-5H3. The summed E-state index contributed by atoms with van der Waals surface area (Å²) in [5.74, 6) is 0. The number of hydrogen-bond donors (Lipinski definition) is 0. The molecule has 0 aliphatic carbocycles. The largest absolute Gasteiger partial charge is 0.256 e. The van der Waals surface area contributed by atoms with Crippen molar-refractivity contribution in [2.24, 2.45) is 0 Å². The Morgan fingerprint density at radius 3 is 2.32 bits per heavy atom. The second-order valence-corrected chi connectivity index (χ2v) is 14.7. The van der Waals surface area contributed by atoms with Crippen LogP contribution in [0, 0.1) is 6.92 Å². The van der Waals surface area contributed by atoms with Gasteiger partial charge in [-0.15, -0.1) is 0 Å². The summed E-state index contributed by atoms with van der Waals surface area (Å²) in [6.07, 6.45) is 8.65. The molecule has 2 aromatic heterocycles. The monoisotopic (exact) mass is 580 g/mol. The molecule has 3 aromatic carbocycles. The van der Waals surface area contributed by atoms with Crippen LogP contribution in [0.2, 0.25) is 0 Å². The van der Waals surface area contributed by atoms with Crippen molar-refractivity contribution < 1.29 is 12.6 Å². The average molecular weight is 581 g/mol. The normalized spacial score (nSPS) is 13.3. The fourth-order valence-corrected chi connectivity index (χ4v) is 5.76. The highest BCUT2D eigenvalue weighted by molar-refractivity contribution is 7.91. The molecular formula is C34H32N2O3S2. The van der Waals surface area contributed by atoms with Crippen molar-refractivity contribution in [2.75, 3.05) is 12.5 Å². The van der Waals surface area contributed by atoms with E-state index < -0.39 is 25.4 Å². The number of benzene rings is 3. The molecule has 208 valence electrons. The molecule has 5 aromatic rings. The molecule has 2 heterocycles. The van der Waals surface area contributed by atoms with Crippen LogP contribution in [0.5, 0.6) is 0 Å². The van der Waals surface area contributed by atoms with Gasteiger partial charge in [-0.05, 0) is 97.1 Å². The molecule has 0 aliphatic rings. The Labute approximate surface area is 244 Å². The number of aromatic nitrogens is 2. The third-order valence-corrected chi connectivity index (χ3v) is 10.5. The lowest BCUT2D eigenvalue weighted by molar-refractivity contribution is 0.561. The maximum Gasteiger partial charge on any atom is 0.156 e. The molecule has 41 heavy (non-hydrogen) atoms. The van der Waals surface area contributed by atoms with Crippen molar-refractivity contribution in [3.05, 3.63) is 125 Å². The summed E-state index contributed by atoms with van der Waals surface area (Å²) in [5.41, 5.74) is 8.09. The first-order valence-corrected chi connectivity index (χ1v) is 16.7. The predicted octanol–water partition coefficient (Wildman–Crippen LogP) is 7.21. The quantitative estimate of drug-likeness (QED) is 0.190. The van der Waals surface area contributed by atoms with Crippen LogP contribution >= 0.6 is 0 Å². The summed E-state index contributed by atoms with van der Waals surface area (Å²) in [6, 6.07) is 27.6. The third-order valence-electron chi connectivity index (χ3n) is 7.52. The van der Waals surface area contributed by atoms with Gasteiger partial charge in [0.2, 0.25) is 0 Å². The Balaban J connectivity index is 1.68. The van der Waals surface area contributed by atoms with E-state index in [1.807, 2.05) is 92.0 Å². The lowest BCUT2D eigenvalue weighted by atomic mass is 9.92. The maximum atomic E-state index is 12.7. The Morgan fingerprint density at radius 2 is 1.66 bits per heavy atom. The van der Waals surface area contributed by atoms with Gasteiger partial charge < -0.3 is 0 Å². The van der Waals surface area contributed by atoms with E-state index in [-0.39, 0.29) is 0 Å². The zero-order valence-electron chi connectivity index (χ0n) is 23.8. The minimum absolute atomic E-state index is 0.717. The molecule has 0 fully saturated rings. The van der Waals surface area contributed by atoms with Gasteiger partial charge in [0.1, 0.15) is 0 Å². The zero-order valence-corrected chi connectivity index (χ0v) is 25.4. The molecule has 0 amide bonds. The van der Waals surface area contributed by atoms with Crippen molar-refractivity contribution in [3.8, 4) is 11.1 Å². The number of rotatable bonds is 7. The molecule has 0 aliphatic heterocycles. The summed E-state index contributed by atoms with van der Waals surface area (Å²) < 4.78 is 36.3. The maximum absolute atomic E-state index is 12.7. The molecular weight excluding hydrogens is 549 g/mol. The summed E-state index contributed by atoms with van der Waals surface area (Å²) in [4.78, 5) is 10.1. The first-order valence-electron chi connectivity index (χ1n) is 13.2. The van der Waals surface area contributed by atoms with Crippen LogP contribution in [-0.4, -0.2) is 35.1 Å². The minimum atomic E-state index is -3.38. The predicted molar refractivity (Wildman–Crippen MR) is 170 cm³/mol. The molecule has 0 saturated carbocycles. The van der Waals surface area contributed by atoms with Crippen molar-refractivity contribution in [1.82, 2.24) is 9.97 Å². The van der Waals surface area contributed by atoms with Gasteiger partial charge in [0.15, 0.2) is 9.84 Å². The highest BCUT2D eigenvalue weighted by Crippen LogP contribution is 2.37. The Morgan fingerprint density at radius 1 is 0.902 bits per heavy atom. The molecule has 1 unspecified atom stereocenters. The van der Waals surface area contributed by atoms with E-state index in [4.69, 9.17) is 4.98 Å². The highest BCUT2D eigenvalue weighted by atomic mass is 32.2. The summed E-state index contributed by atoms with van der Waals surface area (Å²) >= 11 is 0. The van der Waals surface area contributed by atoms with E-state index in [0.717, 1.165) is 60.4 Å². The molecule has 0 saturated heterocycles. The van der Waals surface area contributed by atoms with E-state index >= 15 is 0 Å². The first-order chi connectivity index (χ1) is 19.4. The van der Waals surface area contributed by atoms with Gasteiger partial charge in [0.05, 0.1) is 16.0 Å². The average Bonchev–Trinajstić information content (AvgIpc) is 2.95. The van der Waals surface area contributed by atoms with Crippen molar-refractivity contribution in [1.29, 1.82) is 0 Å². The lowest BCUT2D eigenvalue weighted by Crippen LogP contribution is -2.28. The second-order valence-electron chi connectivity index (χ2n) is 10.8. The molecule has 0 bridgehead atoms. The Kier molecular flexibility index (Phi) is 7.77. The molecule has 0 N–H and O–H groups in total. The molecule has 5 rings (SSSR count). The van der Waals surface area contributed by atoms with E-state index in [9.17, 15) is 12.6 Å². The van der Waals surface area contributed by atoms with Gasteiger partial charge in [0, 0.05) is 57.1 Å². The Bertz CT molecular complexity index is 1910. The van der Waals surface area contributed by atoms with Crippen LogP contribution < -0.4 is 0 Å². The molecule has 0 radical (unpaired) electrons. The lowest BCUT2D eigenvalue weighted by Gasteiger charge is -2.24. The highest BCUT2D eigenvalue weighted by Gasteiger charge is 2.33. The topological polar surface area (TPSA) is 77.0 Å². The SMILES string of the molecule is Cc1ccc(C(=Cc2cccc(-c3cc(C(C)(C)S(C)(=O)=O)cc4cccnc34)c2)c2ccc(S(C)=O)cc2)nc1. The number of fused-ring (bicyclic) bond motifs is 1. The molecule has 1 atom stereocenters. The zero-order chi connectivity index (χ0) is 29.4.